The molecule has 0 aliphatic rings. The molecule has 140 valence electrons. The van der Waals surface area contributed by atoms with Crippen LogP contribution in [-0.4, -0.2) is 40.7 Å². The number of ketones is 1. The largest absolute Gasteiger partial charge is 0.396 e. The first-order valence-electron chi connectivity index (χ1n) is 7.39. The van der Waals surface area contributed by atoms with Gasteiger partial charge in [-0.2, -0.15) is 0 Å². The fourth-order valence-electron chi connectivity index (χ4n) is 2.12. The molecule has 0 aliphatic carbocycles. The number of aliphatic hydroxyl groups excluding tert-OH is 2. The predicted molar refractivity (Wildman–Crippen MR) is 123 cm³/mol. The van der Waals surface area contributed by atoms with Gasteiger partial charge in [-0.25, -0.2) is 0 Å². The Hall–Kier alpha value is 0.650. The summed E-state index contributed by atoms with van der Waals surface area (Å²) in [5, 5.41) is 18.0. The molecule has 0 aromatic heterocycles. The van der Waals surface area contributed by atoms with Gasteiger partial charge in [0.25, 0.3) is 0 Å². The van der Waals surface area contributed by atoms with E-state index in [2.05, 4.69) is 63.7 Å². The van der Waals surface area contributed by atoms with E-state index in [1.165, 1.54) is 23.5 Å². The number of carbonyl (C=O) groups excluding carboxylic acids is 1. The molecule has 26 heavy (non-hydrogen) atoms. The molecule has 2 N–H and O–H groups in total. The lowest BCUT2D eigenvalue weighted by molar-refractivity contribution is 0.103. The minimum absolute atomic E-state index is 0.0902. The van der Waals surface area contributed by atoms with Crippen LogP contribution in [-0.2, 0) is 0 Å². The third kappa shape index (κ3) is 5.83. The third-order valence-corrected chi connectivity index (χ3v) is 8.98. The second kappa shape index (κ2) is 11.0. The number of carbonyl (C=O) groups is 1. The SMILES string of the molecule is O=C(c1cc(Br)c(SCCO)c(Br)c1)c1cc(Br)c(SCCO)c(Br)c1. The maximum atomic E-state index is 12.9. The lowest BCUT2D eigenvalue weighted by Crippen LogP contribution is -2.03. The summed E-state index contributed by atoms with van der Waals surface area (Å²) in [6.45, 7) is 0.180. The van der Waals surface area contributed by atoms with E-state index >= 15 is 0 Å². The Morgan fingerprint density at radius 1 is 0.731 bits per heavy atom. The number of hydrogen-bond donors (Lipinski definition) is 2. The monoisotopic (exact) mass is 646 g/mol. The number of rotatable bonds is 8. The van der Waals surface area contributed by atoms with Crippen molar-refractivity contribution >= 4 is 93.0 Å². The summed E-state index contributed by atoms with van der Waals surface area (Å²) >= 11 is 17.1. The lowest BCUT2D eigenvalue weighted by atomic mass is 10.0. The molecular formula is C17H14Br4O3S2. The zero-order valence-electron chi connectivity index (χ0n) is 13.3. The fourth-order valence-corrected chi connectivity index (χ4v) is 7.24. The molecule has 0 bridgehead atoms. The standard InChI is InChI=1S/C17H14Br4O3S2/c18-11-5-9(6-12(19)16(11)25-3-1-22)15(24)10-7-13(20)17(14(21)8-10)26-4-2-23/h5-8,22-23H,1-4H2. The molecule has 3 nitrogen and oxygen atoms in total. The first-order valence-corrected chi connectivity index (χ1v) is 12.5. The molecule has 2 aromatic rings. The van der Waals surface area contributed by atoms with Crippen molar-refractivity contribution in [3.05, 3.63) is 53.3 Å². The Kier molecular flexibility index (Phi) is 9.70. The van der Waals surface area contributed by atoms with Crippen LogP contribution in [0.1, 0.15) is 15.9 Å². The molecule has 0 spiro atoms. The average Bonchev–Trinajstić information content (AvgIpc) is 2.59. The zero-order chi connectivity index (χ0) is 19.3. The van der Waals surface area contributed by atoms with E-state index in [0.717, 1.165) is 27.7 Å². The van der Waals surface area contributed by atoms with Crippen molar-refractivity contribution in [2.45, 2.75) is 9.79 Å². The van der Waals surface area contributed by atoms with Crippen LogP contribution in [0.4, 0.5) is 0 Å². The number of thioether (sulfide) groups is 2. The lowest BCUT2D eigenvalue weighted by Gasteiger charge is -2.12. The van der Waals surface area contributed by atoms with Crippen molar-refractivity contribution in [2.75, 3.05) is 24.7 Å². The van der Waals surface area contributed by atoms with E-state index < -0.39 is 0 Å². The number of halogens is 4. The maximum absolute atomic E-state index is 12.9. The number of hydrogen-bond acceptors (Lipinski definition) is 5. The summed E-state index contributed by atoms with van der Waals surface area (Å²) in [5.74, 6) is 1.07. The summed E-state index contributed by atoms with van der Waals surface area (Å²) in [7, 11) is 0. The molecule has 0 unspecified atom stereocenters. The van der Waals surface area contributed by atoms with Gasteiger partial charge in [-0.15, -0.1) is 23.5 Å². The fraction of sp³-hybridized carbons (Fsp3) is 0.235. The van der Waals surface area contributed by atoms with E-state index in [1.54, 1.807) is 24.3 Å². The van der Waals surface area contributed by atoms with Crippen molar-refractivity contribution in [3.8, 4) is 0 Å². The molecule has 0 aliphatic heterocycles. The van der Waals surface area contributed by atoms with Gasteiger partial charge in [0.05, 0.1) is 13.2 Å². The van der Waals surface area contributed by atoms with Gasteiger partial charge in [0.1, 0.15) is 0 Å². The highest BCUT2D eigenvalue weighted by Gasteiger charge is 2.17. The molecule has 0 fully saturated rings. The Morgan fingerprint density at radius 3 is 1.31 bits per heavy atom. The third-order valence-electron chi connectivity index (χ3n) is 3.20. The summed E-state index contributed by atoms with van der Waals surface area (Å²) in [4.78, 5) is 14.8. The second-order valence-electron chi connectivity index (χ2n) is 5.01. The van der Waals surface area contributed by atoms with Crippen LogP contribution in [0, 0.1) is 0 Å². The Morgan fingerprint density at radius 2 is 1.04 bits per heavy atom. The topological polar surface area (TPSA) is 57.5 Å². The molecule has 0 atom stereocenters. The van der Waals surface area contributed by atoms with Crippen LogP contribution in [0.2, 0.25) is 0 Å². The molecule has 2 rings (SSSR count). The van der Waals surface area contributed by atoms with Crippen LogP contribution in [0.15, 0.2) is 51.9 Å². The van der Waals surface area contributed by atoms with Gasteiger partial charge in [-0.05, 0) is 88.0 Å². The summed E-state index contributed by atoms with van der Waals surface area (Å²) < 4.78 is 3.23. The van der Waals surface area contributed by atoms with E-state index in [1.807, 2.05) is 0 Å². The van der Waals surface area contributed by atoms with Gasteiger partial charge in [0.2, 0.25) is 0 Å². The first-order chi connectivity index (χ1) is 12.4. The van der Waals surface area contributed by atoms with E-state index in [-0.39, 0.29) is 19.0 Å². The summed E-state index contributed by atoms with van der Waals surface area (Å²) in [6, 6.07) is 7.18. The quantitative estimate of drug-likeness (QED) is 0.266. The number of aliphatic hydroxyl groups is 2. The minimum Gasteiger partial charge on any atom is -0.396 e. The number of benzene rings is 2. The van der Waals surface area contributed by atoms with Crippen LogP contribution in [0.3, 0.4) is 0 Å². The van der Waals surface area contributed by atoms with Crippen LogP contribution >= 0.6 is 87.2 Å². The zero-order valence-corrected chi connectivity index (χ0v) is 21.2. The Balaban J connectivity index is 2.34. The maximum Gasteiger partial charge on any atom is 0.193 e. The van der Waals surface area contributed by atoms with E-state index in [0.29, 0.717) is 22.6 Å². The van der Waals surface area contributed by atoms with E-state index in [4.69, 9.17) is 10.2 Å². The van der Waals surface area contributed by atoms with Gasteiger partial charge in [-0.1, -0.05) is 0 Å². The molecule has 0 saturated carbocycles. The van der Waals surface area contributed by atoms with Crippen molar-refractivity contribution < 1.29 is 15.0 Å². The molecule has 0 saturated heterocycles. The summed E-state index contributed by atoms with van der Waals surface area (Å²) in [5.41, 5.74) is 1.12. The molecular weight excluding hydrogens is 636 g/mol. The smallest absolute Gasteiger partial charge is 0.193 e. The summed E-state index contributed by atoms with van der Waals surface area (Å²) in [6.07, 6.45) is 0. The highest BCUT2D eigenvalue weighted by atomic mass is 79.9. The van der Waals surface area contributed by atoms with Crippen molar-refractivity contribution in [2.24, 2.45) is 0 Å². The second-order valence-corrected chi connectivity index (χ2v) is 10.6. The van der Waals surface area contributed by atoms with Crippen LogP contribution in [0.25, 0.3) is 0 Å². The highest BCUT2D eigenvalue weighted by Crippen LogP contribution is 2.38. The average molecular weight is 650 g/mol. The molecule has 2 aromatic carbocycles. The van der Waals surface area contributed by atoms with Gasteiger partial charge in [0, 0.05) is 50.3 Å². The van der Waals surface area contributed by atoms with Gasteiger partial charge >= 0.3 is 0 Å². The van der Waals surface area contributed by atoms with Crippen LogP contribution in [0.5, 0.6) is 0 Å². The molecule has 9 heteroatoms. The van der Waals surface area contributed by atoms with Gasteiger partial charge in [0.15, 0.2) is 5.78 Å². The van der Waals surface area contributed by atoms with Crippen molar-refractivity contribution in [3.63, 3.8) is 0 Å². The minimum atomic E-state index is -0.0924. The Labute approximate surface area is 194 Å². The molecule has 0 radical (unpaired) electrons. The first kappa shape index (κ1) is 22.9. The normalized spacial score (nSPS) is 11.0. The van der Waals surface area contributed by atoms with Crippen molar-refractivity contribution in [1.82, 2.24) is 0 Å². The Bertz CT molecular complexity index is 703. The van der Waals surface area contributed by atoms with Gasteiger partial charge in [-0.3, -0.25) is 4.79 Å². The van der Waals surface area contributed by atoms with Crippen molar-refractivity contribution in [1.29, 1.82) is 0 Å². The molecule has 0 amide bonds. The van der Waals surface area contributed by atoms with Crippen LogP contribution < -0.4 is 0 Å². The van der Waals surface area contributed by atoms with E-state index in [9.17, 15) is 4.79 Å². The van der Waals surface area contributed by atoms with Gasteiger partial charge < -0.3 is 10.2 Å². The highest BCUT2D eigenvalue weighted by molar-refractivity contribution is 9.11. The predicted octanol–water partition coefficient (Wildman–Crippen LogP) is 6.14. The molecule has 0 heterocycles.